The van der Waals surface area contributed by atoms with E-state index in [1.807, 2.05) is 0 Å². The van der Waals surface area contributed by atoms with Crippen molar-refractivity contribution in [3.8, 4) is 0 Å². The van der Waals surface area contributed by atoms with Gasteiger partial charge >= 0.3 is 0 Å². The largest absolute Gasteiger partial charge is 0.294 e. The van der Waals surface area contributed by atoms with Crippen molar-refractivity contribution in [3.05, 3.63) is 0 Å². The first-order chi connectivity index (χ1) is 5.31. The van der Waals surface area contributed by atoms with Crippen LogP contribution in [0.4, 0.5) is 0 Å². The van der Waals surface area contributed by atoms with E-state index in [4.69, 9.17) is 4.18 Å². The summed E-state index contributed by atoms with van der Waals surface area (Å²) in [7, 11) is 1.54. The fraction of sp³-hybridized carbons (Fsp3) is 1.00. The van der Waals surface area contributed by atoms with E-state index in [-0.39, 0.29) is 0 Å². The summed E-state index contributed by atoms with van der Waals surface area (Å²) in [6, 6.07) is 0. The molecule has 0 aromatic rings. The highest BCUT2D eigenvalue weighted by Crippen LogP contribution is 2.46. The number of fused-ring (bicyclic) bond motifs is 2. The first-order valence-electron chi connectivity index (χ1n) is 4.26. The van der Waals surface area contributed by atoms with Crippen LogP contribution in [0.5, 0.6) is 0 Å². The molecular weight excluding hydrogens is 160 g/mol. The van der Waals surface area contributed by atoms with E-state index in [1.54, 1.807) is 7.11 Å². The van der Waals surface area contributed by atoms with Crippen LogP contribution in [0.1, 0.15) is 25.7 Å². The molecule has 0 amide bonds. The van der Waals surface area contributed by atoms with Gasteiger partial charge in [-0.3, -0.25) is 4.18 Å². The molecule has 64 valence electrons. The molecule has 11 heavy (non-hydrogen) atoms. The third kappa shape index (κ3) is 1.25. The van der Waals surface area contributed by atoms with Gasteiger partial charge in [0.25, 0.3) is 0 Å². The first kappa shape index (κ1) is 7.74. The molecule has 0 saturated heterocycles. The highest BCUT2D eigenvalue weighted by atomic mass is 32.2. The third-order valence-corrected chi connectivity index (χ3v) is 4.48. The molecule has 2 rings (SSSR count). The van der Waals surface area contributed by atoms with Crippen molar-refractivity contribution in [3.63, 3.8) is 0 Å². The van der Waals surface area contributed by atoms with Crippen LogP contribution < -0.4 is 0 Å². The fourth-order valence-corrected chi connectivity index (χ4v) is 3.78. The van der Waals surface area contributed by atoms with E-state index in [1.165, 1.54) is 19.3 Å². The molecule has 0 aliphatic heterocycles. The molecule has 0 N–H and O–H groups in total. The van der Waals surface area contributed by atoms with Gasteiger partial charge in [-0.15, -0.1) is 0 Å². The number of hydrogen-bond acceptors (Lipinski definition) is 2. The average Bonchev–Trinajstić information content (AvgIpc) is 2.62. The maximum absolute atomic E-state index is 11.3. The summed E-state index contributed by atoms with van der Waals surface area (Å²) < 4.78 is 16.2. The van der Waals surface area contributed by atoms with Gasteiger partial charge < -0.3 is 0 Å². The van der Waals surface area contributed by atoms with Gasteiger partial charge in [0.2, 0.25) is 0 Å². The van der Waals surface area contributed by atoms with Crippen LogP contribution in [0.3, 0.4) is 0 Å². The van der Waals surface area contributed by atoms with Gasteiger partial charge in [-0.1, -0.05) is 6.42 Å². The Labute approximate surface area is 70.0 Å². The fourth-order valence-electron chi connectivity index (χ4n) is 2.55. The summed E-state index contributed by atoms with van der Waals surface area (Å²) in [5.41, 5.74) is 0. The minimum absolute atomic E-state index is 0.360. The van der Waals surface area contributed by atoms with Crippen LogP contribution in [0.2, 0.25) is 0 Å². The Balaban J connectivity index is 2.02. The van der Waals surface area contributed by atoms with E-state index in [0.29, 0.717) is 11.2 Å². The number of hydrogen-bond donors (Lipinski definition) is 0. The van der Waals surface area contributed by atoms with Gasteiger partial charge in [-0.05, 0) is 31.1 Å². The SMILES string of the molecule is COS(=O)C1CC2CCC1C2. The monoisotopic (exact) mass is 174 g/mol. The second-order valence-corrected chi connectivity index (χ2v) is 5.10. The van der Waals surface area contributed by atoms with Gasteiger partial charge in [-0.25, -0.2) is 4.21 Å². The summed E-state index contributed by atoms with van der Waals surface area (Å²) in [5.74, 6) is 1.57. The molecule has 0 heterocycles. The van der Waals surface area contributed by atoms with E-state index in [2.05, 4.69) is 0 Å². The van der Waals surface area contributed by atoms with Gasteiger partial charge in [0, 0.05) is 0 Å². The smallest absolute Gasteiger partial charge is 0.158 e. The standard InChI is InChI=1S/C8H14O2S/c1-10-11(9)8-5-6-2-3-7(8)4-6/h6-8H,2-5H2,1H3. The summed E-state index contributed by atoms with van der Waals surface area (Å²) in [4.78, 5) is 0. The van der Waals surface area contributed by atoms with E-state index in [0.717, 1.165) is 12.3 Å². The van der Waals surface area contributed by atoms with Crippen molar-refractivity contribution in [2.24, 2.45) is 11.8 Å². The molecular formula is C8H14O2S. The average molecular weight is 174 g/mol. The second kappa shape index (κ2) is 2.87. The van der Waals surface area contributed by atoms with Crippen molar-refractivity contribution >= 4 is 11.1 Å². The van der Waals surface area contributed by atoms with Gasteiger partial charge in [0.15, 0.2) is 11.1 Å². The van der Waals surface area contributed by atoms with Crippen molar-refractivity contribution in [2.75, 3.05) is 7.11 Å². The van der Waals surface area contributed by atoms with Crippen LogP contribution in [0.15, 0.2) is 0 Å². The summed E-state index contributed by atoms with van der Waals surface area (Å²) in [6.07, 6.45) is 5.09. The molecule has 2 saturated carbocycles. The molecule has 4 atom stereocenters. The quantitative estimate of drug-likeness (QED) is 0.634. The Morgan fingerprint density at radius 1 is 1.36 bits per heavy atom. The Bertz CT molecular complexity index is 181. The molecule has 2 aliphatic rings. The first-order valence-corrected chi connectivity index (χ1v) is 5.40. The maximum Gasteiger partial charge on any atom is 0.158 e. The Kier molecular flexibility index (Phi) is 2.02. The van der Waals surface area contributed by atoms with Crippen LogP contribution in [-0.4, -0.2) is 16.6 Å². The van der Waals surface area contributed by atoms with E-state index in [9.17, 15) is 4.21 Å². The third-order valence-electron chi connectivity index (χ3n) is 3.08. The predicted molar refractivity (Wildman–Crippen MR) is 44.4 cm³/mol. The Morgan fingerprint density at radius 3 is 2.64 bits per heavy atom. The molecule has 4 unspecified atom stereocenters. The van der Waals surface area contributed by atoms with Crippen LogP contribution in [-0.2, 0) is 15.3 Å². The lowest BCUT2D eigenvalue weighted by Gasteiger charge is -2.18. The zero-order valence-corrected chi connectivity index (χ0v) is 7.60. The van der Waals surface area contributed by atoms with Crippen molar-refractivity contribution in [1.82, 2.24) is 0 Å². The van der Waals surface area contributed by atoms with E-state index < -0.39 is 11.1 Å². The van der Waals surface area contributed by atoms with Crippen molar-refractivity contribution < 1.29 is 8.39 Å². The lowest BCUT2D eigenvalue weighted by atomic mass is 10.0. The van der Waals surface area contributed by atoms with Crippen LogP contribution >= 0.6 is 0 Å². The van der Waals surface area contributed by atoms with Crippen molar-refractivity contribution in [1.29, 1.82) is 0 Å². The predicted octanol–water partition coefficient (Wildman–Crippen LogP) is 1.49. The van der Waals surface area contributed by atoms with Crippen LogP contribution in [0, 0.1) is 11.8 Å². The minimum Gasteiger partial charge on any atom is -0.294 e. The minimum atomic E-state index is -1.00. The molecule has 2 nitrogen and oxygen atoms in total. The number of rotatable bonds is 2. The Hall–Kier alpha value is 0.110. The second-order valence-electron chi connectivity index (χ2n) is 3.64. The van der Waals surface area contributed by atoms with Gasteiger partial charge in [0.05, 0.1) is 12.4 Å². The molecule has 0 radical (unpaired) electrons. The summed E-state index contributed by atoms with van der Waals surface area (Å²) in [5, 5.41) is 0.360. The molecule has 0 aromatic carbocycles. The molecule has 3 heteroatoms. The molecule has 2 fully saturated rings. The Morgan fingerprint density at radius 2 is 2.18 bits per heavy atom. The maximum atomic E-state index is 11.3. The zero-order chi connectivity index (χ0) is 7.84. The highest BCUT2D eigenvalue weighted by Gasteiger charge is 2.42. The van der Waals surface area contributed by atoms with Gasteiger partial charge in [0.1, 0.15) is 0 Å². The molecule has 0 aromatic heterocycles. The topological polar surface area (TPSA) is 26.3 Å². The lowest BCUT2D eigenvalue weighted by Crippen LogP contribution is -2.22. The summed E-state index contributed by atoms with van der Waals surface area (Å²) in [6.45, 7) is 0. The highest BCUT2D eigenvalue weighted by molar-refractivity contribution is 7.80. The molecule has 0 spiro atoms. The molecule has 2 aliphatic carbocycles. The summed E-state index contributed by atoms with van der Waals surface area (Å²) >= 11 is -1.00. The molecule has 2 bridgehead atoms. The van der Waals surface area contributed by atoms with E-state index >= 15 is 0 Å². The normalized spacial score (nSPS) is 44.6. The van der Waals surface area contributed by atoms with Crippen LogP contribution in [0.25, 0.3) is 0 Å². The van der Waals surface area contributed by atoms with Gasteiger partial charge in [-0.2, -0.15) is 0 Å². The zero-order valence-electron chi connectivity index (χ0n) is 6.79. The lowest BCUT2D eigenvalue weighted by molar-refractivity contribution is 0.406. The van der Waals surface area contributed by atoms with Crippen molar-refractivity contribution in [2.45, 2.75) is 30.9 Å².